The molecule has 0 aliphatic carbocycles. The summed E-state index contributed by atoms with van der Waals surface area (Å²) in [5.41, 5.74) is 6.61. The summed E-state index contributed by atoms with van der Waals surface area (Å²) in [7, 11) is 0. The molecule has 1 aromatic rings. The third-order valence-electron chi connectivity index (χ3n) is 2.69. The molecule has 1 atom stereocenters. The Kier molecular flexibility index (Phi) is 2.75. The first kappa shape index (κ1) is 10.8. The van der Waals surface area contributed by atoms with Crippen LogP contribution in [0.5, 0.6) is 0 Å². The van der Waals surface area contributed by atoms with E-state index in [9.17, 15) is 9.59 Å². The van der Waals surface area contributed by atoms with E-state index in [1.165, 1.54) is 4.90 Å². The molecule has 0 saturated heterocycles. The minimum atomic E-state index is -0.207. The number of rotatable bonds is 3. The van der Waals surface area contributed by atoms with Crippen LogP contribution in [0.2, 0.25) is 0 Å². The molecular formula is C12H14N2O2. The third kappa shape index (κ3) is 1.72. The second-order valence-corrected chi connectivity index (χ2v) is 4.07. The van der Waals surface area contributed by atoms with Crippen molar-refractivity contribution in [2.75, 3.05) is 6.54 Å². The lowest BCUT2D eigenvalue weighted by molar-refractivity contribution is 0.0651. The first-order valence-corrected chi connectivity index (χ1v) is 5.32. The monoisotopic (exact) mass is 218 g/mol. The van der Waals surface area contributed by atoms with E-state index in [4.69, 9.17) is 5.73 Å². The van der Waals surface area contributed by atoms with Crippen molar-refractivity contribution in [2.24, 2.45) is 5.73 Å². The van der Waals surface area contributed by atoms with Crippen LogP contribution in [0, 0.1) is 0 Å². The average Bonchev–Trinajstić information content (AvgIpc) is 2.50. The molecule has 0 bridgehead atoms. The summed E-state index contributed by atoms with van der Waals surface area (Å²) in [4.78, 5) is 25.0. The molecule has 1 aliphatic rings. The number of nitrogens with two attached hydrogens (primary N) is 1. The van der Waals surface area contributed by atoms with Gasteiger partial charge in [-0.2, -0.15) is 0 Å². The van der Waals surface area contributed by atoms with Crippen LogP contribution in [0.4, 0.5) is 0 Å². The Labute approximate surface area is 94.0 Å². The lowest BCUT2D eigenvalue weighted by Gasteiger charge is -2.14. The Morgan fingerprint density at radius 3 is 2.12 bits per heavy atom. The van der Waals surface area contributed by atoms with Crippen molar-refractivity contribution < 1.29 is 9.59 Å². The number of carbonyl (C=O) groups excluding carboxylic acids is 2. The SMILES string of the molecule is CC(N)CCN1C(=O)c2ccccc2C1=O. The summed E-state index contributed by atoms with van der Waals surface area (Å²) in [6, 6.07) is 6.88. The molecule has 0 aromatic heterocycles. The second-order valence-electron chi connectivity index (χ2n) is 4.07. The van der Waals surface area contributed by atoms with Gasteiger partial charge in [0.05, 0.1) is 11.1 Å². The highest BCUT2D eigenvalue weighted by Crippen LogP contribution is 2.22. The molecular weight excluding hydrogens is 204 g/mol. The van der Waals surface area contributed by atoms with Gasteiger partial charge in [-0.3, -0.25) is 14.5 Å². The van der Waals surface area contributed by atoms with Crippen LogP contribution in [0.1, 0.15) is 34.1 Å². The van der Waals surface area contributed by atoms with Crippen LogP contribution < -0.4 is 5.73 Å². The number of imide groups is 1. The first-order valence-electron chi connectivity index (χ1n) is 5.32. The first-order chi connectivity index (χ1) is 7.61. The molecule has 0 saturated carbocycles. The molecule has 2 amide bonds. The molecule has 1 unspecified atom stereocenters. The Hall–Kier alpha value is -1.68. The van der Waals surface area contributed by atoms with E-state index in [1.807, 2.05) is 6.92 Å². The van der Waals surface area contributed by atoms with Crippen molar-refractivity contribution >= 4 is 11.8 Å². The fourth-order valence-corrected chi connectivity index (χ4v) is 1.77. The van der Waals surface area contributed by atoms with E-state index in [-0.39, 0.29) is 17.9 Å². The molecule has 2 N–H and O–H groups in total. The van der Waals surface area contributed by atoms with Crippen molar-refractivity contribution in [1.82, 2.24) is 4.90 Å². The predicted octanol–water partition coefficient (Wildman–Crippen LogP) is 1.02. The summed E-state index contributed by atoms with van der Waals surface area (Å²) in [6.45, 7) is 2.25. The van der Waals surface area contributed by atoms with Gasteiger partial charge < -0.3 is 5.73 Å². The largest absolute Gasteiger partial charge is 0.328 e. The Morgan fingerprint density at radius 2 is 1.69 bits per heavy atom. The summed E-state index contributed by atoms with van der Waals surface area (Å²) in [5.74, 6) is -0.414. The number of hydrogen-bond donors (Lipinski definition) is 1. The molecule has 0 fully saturated rings. The van der Waals surface area contributed by atoms with E-state index in [0.717, 1.165) is 0 Å². The number of hydrogen-bond acceptors (Lipinski definition) is 3. The van der Waals surface area contributed by atoms with Gasteiger partial charge in [-0.25, -0.2) is 0 Å². The topological polar surface area (TPSA) is 63.4 Å². The Morgan fingerprint density at radius 1 is 1.19 bits per heavy atom. The second kappa shape index (κ2) is 4.06. The fraction of sp³-hybridized carbons (Fsp3) is 0.333. The molecule has 1 heterocycles. The van der Waals surface area contributed by atoms with Gasteiger partial charge in [-0.15, -0.1) is 0 Å². The number of fused-ring (bicyclic) bond motifs is 1. The van der Waals surface area contributed by atoms with Crippen molar-refractivity contribution in [3.63, 3.8) is 0 Å². The molecule has 0 spiro atoms. The molecule has 84 valence electrons. The zero-order valence-corrected chi connectivity index (χ0v) is 9.14. The maximum absolute atomic E-state index is 11.9. The minimum Gasteiger partial charge on any atom is -0.328 e. The standard InChI is InChI=1S/C12H14N2O2/c1-8(13)6-7-14-11(15)9-4-2-3-5-10(9)12(14)16/h2-5,8H,6-7,13H2,1H3. The quantitative estimate of drug-likeness (QED) is 0.770. The summed E-state index contributed by atoms with van der Waals surface area (Å²) < 4.78 is 0. The molecule has 16 heavy (non-hydrogen) atoms. The van der Waals surface area contributed by atoms with E-state index < -0.39 is 0 Å². The summed E-state index contributed by atoms with van der Waals surface area (Å²) in [6.07, 6.45) is 0.630. The van der Waals surface area contributed by atoms with Crippen LogP contribution in [0.3, 0.4) is 0 Å². The number of nitrogens with zero attached hydrogens (tertiary/aromatic N) is 1. The molecule has 4 nitrogen and oxygen atoms in total. The van der Waals surface area contributed by atoms with Crippen LogP contribution in [-0.4, -0.2) is 29.3 Å². The minimum absolute atomic E-state index is 0.00990. The summed E-state index contributed by atoms with van der Waals surface area (Å²) >= 11 is 0. The van der Waals surface area contributed by atoms with E-state index in [1.54, 1.807) is 24.3 Å². The van der Waals surface area contributed by atoms with Gasteiger partial charge in [0.1, 0.15) is 0 Å². The molecule has 2 rings (SSSR count). The highest BCUT2D eigenvalue weighted by molar-refractivity contribution is 6.21. The Balaban J connectivity index is 2.22. The van der Waals surface area contributed by atoms with E-state index in [0.29, 0.717) is 24.1 Å². The van der Waals surface area contributed by atoms with E-state index in [2.05, 4.69) is 0 Å². The van der Waals surface area contributed by atoms with E-state index >= 15 is 0 Å². The molecule has 1 aromatic carbocycles. The van der Waals surface area contributed by atoms with Gasteiger partial charge in [0.25, 0.3) is 11.8 Å². The van der Waals surface area contributed by atoms with Crippen molar-refractivity contribution in [3.8, 4) is 0 Å². The maximum atomic E-state index is 11.9. The zero-order chi connectivity index (χ0) is 11.7. The predicted molar refractivity (Wildman–Crippen MR) is 60.1 cm³/mol. The highest BCUT2D eigenvalue weighted by Gasteiger charge is 2.34. The fourth-order valence-electron chi connectivity index (χ4n) is 1.77. The normalized spacial score (nSPS) is 16.5. The van der Waals surface area contributed by atoms with Crippen molar-refractivity contribution in [2.45, 2.75) is 19.4 Å². The van der Waals surface area contributed by atoms with Gasteiger partial charge in [0.2, 0.25) is 0 Å². The number of amides is 2. The zero-order valence-electron chi connectivity index (χ0n) is 9.14. The summed E-state index contributed by atoms with van der Waals surface area (Å²) in [5, 5.41) is 0. The highest BCUT2D eigenvalue weighted by atomic mass is 16.2. The van der Waals surface area contributed by atoms with Crippen LogP contribution in [0.25, 0.3) is 0 Å². The lowest BCUT2D eigenvalue weighted by Crippen LogP contribution is -2.33. The lowest BCUT2D eigenvalue weighted by atomic mass is 10.1. The number of carbonyl (C=O) groups is 2. The third-order valence-corrected chi connectivity index (χ3v) is 2.69. The smallest absolute Gasteiger partial charge is 0.261 e. The van der Waals surface area contributed by atoms with Gasteiger partial charge in [0.15, 0.2) is 0 Å². The van der Waals surface area contributed by atoms with Crippen LogP contribution in [-0.2, 0) is 0 Å². The van der Waals surface area contributed by atoms with Crippen molar-refractivity contribution in [1.29, 1.82) is 0 Å². The van der Waals surface area contributed by atoms with Gasteiger partial charge >= 0.3 is 0 Å². The molecule has 0 radical (unpaired) electrons. The Bertz CT molecular complexity index is 405. The van der Waals surface area contributed by atoms with Gasteiger partial charge in [0, 0.05) is 12.6 Å². The number of benzene rings is 1. The maximum Gasteiger partial charge on any atom is 0.261 e. The van der Waals surface area contributed by atoms with Gasteiger partial charge in [-0.1, -0.05) is 12.1 Å². The molecule has 4 heteroatoms. The van der Waals surface area contributed by atoms with Crippen molar-refractivity contribution in [3.05, 3.63) is 35.4 Å². The molecule has 1 aliphatic heterocycles. The van der Waals surface area contributed by atoms with Gasteiger partial charge in [-0.05, 0) is 25.5 Å². The average molecular weight is 218 g/mol. The van der Waals surface area contributed by atoms with Crippen LogP contribution in [0.15, 0.2) is 24.3 Å². The van der Waals surface area contributed by atoms with Crippen LogP contribution >= 0.6 is 0 Å².